The Labute approximate surface area is 184 Å². The molecule has 158 valence electrons. The van der Waals surface area contributed by atoms with Crippen LogP contribution < -0.4 is 10.2 Å². The van der Waals surface area contributed by atoms with Gasteiger partial charge in [-0.05, 0) is 37.5 Å². The number of carbonyl (C=O) groups excluding carboxylic acids is 1. The number of aryl methyl sites for hydroxylation is 1. The lowest BCUT2D eigenvalue weighted by atomic mass is 9.97. The topological polar surface area (TPSA) is 84.2 Å². The molecule has 3 heterocycles. The van der Waals surface area contributed by atoms with Crippen molar-refractivity contribution in [3.8, 4) is 11.4 Å². The molecule has 31 heavy (non-hydrogen) atoms. The van der Waals surface area contributed by atoms with Crippen molar-refractivity contribution < 1.29 is 9.32 Å². The predicted molar refractivity (Wildman–Crippen MR) is 121 cm³/mol. The van der Waals surface area contributed by atoms with Crippen molar-refractivity contribution in [2.75, 3.05) is 18.0 Å². The summed E-state index contributed by atoms with van der Waals surface area (Å²) in [5, 5.41) is 7.95. The summed E-state index contributed by atoms with van der Waals surface area (Å²) < 4.78 is 6.48. The molecule has 1 unspecified atom stereocenters. The maximum atomic E-state index is 12.8. The lowest BCUT2D eigenvalue weighted by Gasteiger charge is -2.31. The number of nitrogens with one attached hydrogen (secondary N) is 1. The number of rotatable bonds is 5. The molecule has 7 nitrogen and oxygen atoms in total. The summed E-state index contributed by atoms with van der Waals surface area (Å²) in [4.78, 5) is 24.2. The molecule has 1 amide bonds. The molecule has 1 aliphatic heterocycles. The maximum Gasteiger partial charge on any atom is 0.246 e. The number of nitrogens with zero attached hydrogens (tertiary/aromatic N) is 4. The summed E-state index contributed by atoms with van der Waals surface area (Å²) in [6, 6.07) is 15.9. The van der Waals surface area contributed by atoms with Crippen molar-refractivity contribution in [3.05, 3.63) is 60.0 Å². The average molecular weight is 434 g/mol. The molecule has 2 aromatic carbocycles. The van der Waals surface area contributed by atoms with Gasteiger partial charge in [-0.25, -0.2) is 4.98 Å². The van der Waals surface area contributed by atoms with Crippen molar-refractivity contribution in [2.45, 2.75) is 26.3 Å². The zero-order valence-corrected chi connectivity index (χ0v) is 18.1. The van der Waals surface area contributed by atoms with Crippen LogP contribution >= 0.6 is 11.3 Å². The Hall–Kier alpha value is -3.26. The standard InChI is InChI=1S/C23H23N5O2S/c1-15-9-10-18-19(12-15)31-23(25-18)28-11-5-8-17(14-28)22(29)24-13-20-26-21(27-30-20)16-6-3-2-4-7-16/h2-4,6-7,9-10,12,17H,5,8,11,13-14H2,1H3,(H,24,29). The van der Waals surface area contributed by atoms with E-state index >= 15 is 0 Å². The number of benzene rings is 2. The first-order valence-electron chi connectivity index (χ1n) is 10.4. The van der Waals surface area contributed by atoms with E-state index in [2.05, 4.69) is 45.5 Å². The molecule has 8 heteroatoms. The third kappa shape index (κ3) is 4.29. The van der Waals surface area contributed by atoms with Crippen LogP contribution in [-0.2, 0) is 11.3 Å². The van der Waals surface area contributed by atoms with Crippen LogP contribution in [0.1, 0.15) is 24.3 Å². The Morgan fingerprint density at radius 3 is 2.97 bits per heavy atom. The smallest absolute Gasteiger partial charge is 0.246 e. The van der Waals surface area contributed by atoms with Crippen LogP contribution in [0, 0.1) is 12.8 Å². The van der Waals surface area contributed by atoms with Gasteiger partial charge in [-0.3, -0.25) is 4.79 Å². The van der Waals surface area contributed by atoms with Gasteiger partial charge in [0.2, 0.25) is 17.6 Å². The molecule has 0 radical (unpaired) electrons. The Balaban J connectivity index is 1.21. The number of amides is 1. The highest BCUT2D eigenvalue weighted by Crippen LogP contribution is 2.32. The van der Waals surface area contributed by atoms with E-state index in [-0.39, 0.29) is 18.4 Å². The lowest BCUT2D eigenvalue weighted by Crippen LogP contribution is -2.43. The first-order chi connectivity index (χ1) is 15.2. The summed E-state index contributed by atoms with van der Waals surface area (Å²) in [7, 11) is 0. The fourth-order valence-electron chi connectivity index (χ4n) is 3.86. The Morgan fingerprint density at radius 2 is 2.10 bits per heavy atom. The van der Waals surface area contributed by atoms with Crippen LogP contribution in [0.3, 0.4) is 0 Å². The van der Waals surface area contributed by atoms with Crippen LogP contribution in [0.15, 0.2) is 53.1 Å². The Morgan fingerprint density at radius 1 is 1.23 bits per heavy atom. The van der Waals surface area contributed by atoms with Gasteiger partial charge >= 0.3 is 0 Å². The highest BCUT2D eigenvalue weighted by molar-refractivity contribution is 7.22. The van der Waals surface area contributed by atoms with Crippen LogP contribution in [0.4, 0.5) is 5.13 Å². The molecule has 1 fully saturated rings. The summed E-state index contributed by atoms with van der Waals surface area (Å²) in [5.41, 5.74) is 3.13. The van der Waals surface area contributed by atoms with Crippen LogP contribution in [-0.4, -0.2) is 34.1 Å². The first-order valence-corrected chi connectivity index (χ1v) is 11.3. The van der Waals surface area contributed by atoms with Crippen molar-refractivity contribution >= 4 is 32.6 Å². The number of hydrogen-bond donors (Lipinski definition) is 1. The number of hydrogen-bond acceptors (Lipinski definition) is 7. The summed E-state index contributed by atoms with van der Waals surface area (Å²) in [6.07, 6.45) is 1.83. The number of anilines is 1. The molecule has 5 rings (SSSR count). The molecule has 0 bridgehead atoms. The van der Waals surface area contributed by atoms with E-state index in [1.165, 1.54) is 10.3 Å². The molecule has 1 saturated heterocycles. The lowest BCUT2D eigenvalue weighted by molar-refractivity contribution is -0.125. The van der Waals surface area contributed by atoms with Crippen molar-refractivity contribution in [2.24, 2.45) is 5.92 Å². The maximum absolute atomic E-state index is 12.8. The van der Waals surface area contributed by atoms with Gasteiger partial charge < -0.3 is 14.7 Å². The first kappa shape index (κ1) is 19.7. The largest absolute Gasteiger partial charge is 0.347 e. The SMILES string of the molecule is Cc1ccc2nc(N3CCCC(C(=O)NCc4nc(-c5ccccc5)no4)C3)sc2c1. The van der Waals surface area contributed by atoms with Gasteiger partial charge in [0.1, 0.15) is 0 Å². The monoisotopic (exact) mass is 433 g/mol. The number of aromatic nitrogens is 3. The van der Waals surface area contributed by atoms with Crippen molar-refractivity contribution in [3.63, 3.8) is 0 Å². The molecule has 0 aliphatic carbocycles. The molecule has 1 N–H and O–H groups in total. The minimum Gasteiger partial charge on any atom is -0.347 e. The molecule has 2 aromatic heterocycles. The van der Waals surface area contributed by atoms with Gasteiger partial charge in [0, 0.05) is 18.7 Å². The third-order valence-corrected chi connectivity index (χ3v) is 6.59. The van der Waals surface area contributed by atoms with Crippen LogP contribution in [0.5, 0.6) is 0 Å². The zero-order valence-electron chi connectivity index (χ0n) is 17.2. The minimum atomic E-state index is -0.0842. The van der Waals surface area contributed by atoms with Crippen LogP contribution in [0.25, 0.3) is 21.6 Å². The minimum absolute atomic E-state index is 0.0149. The predicted octanol–water partition coefficient (Wildman–Crippen LogP) is 4.19. The highest BCUT2D eigenvalue weighted by atomic mass is 32.1. The van der Waals surface area contributed by atoms with E-state index in [1.54, 1.807) is 11.3 Å². The molecule has 0 spiro atoms. The molecule has 4 aromatic rings. The second-order valence-corrected chi connectivity index (χ2v) is 8.86. The zero-order chi connectivity index (χ0) is 21.2. The van der Waals surface area contributed by atoms with Crippen molar-refractivity contribution in [1.29, 1.82) is 0 Å². The summed E-state index contributed by atoms with van der Waals surface area (Å²) in [5.74, 6) is 0.862. The Bertz CT molecular complexity index is 1200. The van der Waals surface area contributed by atoms with Gasteiger partial charge in [0.25, 0.3) is 0 Å². The number of fused-ring (bicyclic) bond motifs is 1. The van der Waals surface area contributed by atoms with E-state index in [4.69, 9.17) is 9.51 Å². The van der Waals surface area contributed by atoms with Gasteiger partial charge in [-0.1, -0.05) is 52.9 Å². The quantitative estimate of drug-likeness (QED) is 0.508. The third-order valence-electron chi connectivity index (χ3n) is 5.51. The van der Waals surface area contributed by atoms with Gasteiger partial charge in [-0.2, -0.15) is 4.98 Å². The molecule has 1 aliphatic rings. The van der Waals surface area contributed by atoms with E-state index < -0.39 is 0 Å². The van der Waals surface area contributed by atoms with Gasteiger partial charge in [0.15, 0.2) is 5.13 Å². The molecular weight excluding hydrogens is 410 g/mol. The second-order valence-electron chi connectivity index (χ2n) is 7.85. The second kappa shape index (κ2) is 8.47. The van der Waals surface area contributed by atoms with Crippen molar-refractivity contribution in [1.82, 2.24) is 20.4 Å². The molecule has 1 atom stereocenters. The number of piperidine rings is 1. The fraction of sp³-hybridized carbons (Fsp3) is 0.304. The average Bonchev–Trinajstić information content (AvgIpc) is 3.45. The number of carbonyl (C=O) groups is 1. The highest BCUT2D eigenvalue weighted by Gasteiger charge is 2.27. The summed E-state index contributed by atoms with van der Waals surface area (Å²) >= 11 is 1.69. The molecular formula is C23H23N5O2S. The summed E-state index contributed by atoms with van der Waals surface area (Å²) in [6.45, 7) is 3.91. The van der Waals surface area contributed by atoms with Gasteiger partial charge in [0.05, 0.1) is 22.7 Å². The number of thiazole rings is 1. The van der Waals surface area contributed by atoms with E-state index in [0.717, 1.165) is 35.6 Å². The van der Waals surface area contributed by atoms with Gasteiger partial charge in [-0.15, -0.1) is 0 Å². The fourth-order valence-corrected chi connectivity index (χ4v) is 4.96. The molecule has 0 saturated carbocycles. The van der Waals surface area contributed by atoms with Crippen LogP contribution in [0.2, 0.25) is 0 Å². The Kier molecular flexibility index (Phi) is 5.38. The van der Waals surface area contributed by atoms with E-state index in [9.17, 15) is 4.79 Å². The van der Waals surface area contributed by atoms with E-state index in [1.807, 2.05) is 30.3 Å². The normalized spacial score (nSPS) is 16.5. The van der Waals surface area contributed by atoms with E-state index in [0.29, 0.717) is 18.3 Å².